The van der Waals surface area contributed by atoms with Crippen molar-refractivity contribution in [1.29, 1.82) is 0 Å². The second kappa shape index (κ2) is 8.37. The maximum absolute atomic E-state index is 12.2. The minimum Gasteiger partial charge on any atom is -0.381 e. The molecular formula is C16H28N2O3. The molecule has 0 aliphatic carbocycles. The Morgan fingerprint density at radius 1 is 1.14 bits per heavy atom. The Morgan fingerprint density at radius 2 is 1.86 bits per heavy atom. The van der Waals surface area contributed by atoms with Gasteiger partial charge in [0.25, 0.3) is 0 Å². The maximum Gasteiger partial charge on any atom is 0.223 e. The lowest BCUT2D eigenvalue weighted by Crippen LogP contribution is -2.35. The highest BCUT2D eigenvalue weighted by Gasteiger charge is 2.21. The molecule has 5 nitrogen and oxygen atoms in total. The quantitative estimate of drug-likeness (QED) is 0.775. The number of hydrogen-bond donors (Lipinski definition) is 0. The van der Waals surface area contributed by atoms with Gasteiger partial charge in [0, 0.05) is 52.0 Å². The van der Waals surface area contributed by atoms with Gasteiger partial charge in [0.2, 0.25) is 11.8 Å². The number of carbonyl (C=O) groups is 2. The first-order valence-electron chi connectivity index (χ1n) is 8.26. The summed E-state index contributed by atoms with van der Waals surface area (Å²) in [6.45, 7) is 4.03. The zero-order valence-electron chi connectivity index (χ0n) is 13.2. The Labute approximate surface area is 127 Å². The Morgan fingerprint density at radius 3 is 2.48 bits per heavy atom. The smallest absolute Gasteiger partial charge is 0.223 e. The van der Waals surface area contributed by atoms with Crippen LogP contribution in [0.2, 0.25) is 0 Å². The summed E-state index contributed by atoms with van der Waals surface area (Å²) in [5.74, 6) is 0.674. The molecule has 21 heavy (non-hydrogen) atoms. The molecule has 2 amide bonds. The van der Waals surface area contributed by atoms with Gasteiger partial charge in [-0.2, -0.15) is 0 Å². The average Bonchev–Trinajstić information content (AvgIpc) is 2.83. The molecule has 0 aromatic heterocycles. The third-order valence-corrected chi connectivity index (χ3v) is 4.49. The number of likely N-dealkylation sites (tertiary alicyclic amines) is 1. The molecule has 0 saturated carbocycles. The fourth-order valence-electron chi connectivity index (χ4n) is 3.10. The Bertz CT molecular complexity index is 345. The molecule has 0 aromatic rings. The van der Waals surface area contributed by atoms with E-state index in [1.165, 1.54) is 12.8 Å². The molecule has 1 unspecified atom stereocenters. The van der Waals surface area contributed by atoms with E-state index in [1.807, 2.05) is 11.9 Å². The van der Waals surface area contributed by atoms with Gasteiger partial charge in [-0.1, -0.05) is 12.8 Å². The van der Waals surface area contributed by atoms with E-state index in [2.05, 4.69) is 0 Å². The summed E-state index contributed by atoms with van der Waals surface area (Å²) in [7, 11) is 1.83. The van der Waals surface area contributed by atoms with Crippen LogP contribution in [0.5, 0.6) is 0 Å². The van der Waals surface area contributed by atoms with Gasteiger partial charge in [-0.15, -0.1) is 0 Å². The van der Waals surface area contributed by atoms with Crippen LogP contribution in [0.1, 0.15) is 44.9 Å². The van der Waals surface area contributed by atoms with E-state index in [1.54, 1.807) is 4.90 Å². The molecule has 0 radical (unpaired) electrons. The number of rotatable bonds is 5. The van der Waals surface area contributed by atoms with E-state index < -0.39 is 0 Å². The van der Waals surface area contributed by atoms with Gasteiger partial charge < -0.3 is 14.5 Å². The van der Waals surface area contributed by atoms with Crippen LogP contribution in [0, 0.1) is 5.92 Å². The van der Waals surface area contributed by atoms with Crippen LogP contribution in [0.4, 0.5) is 0 Å². The lowest BCUT2D eigenvalue weighted by molar-refractivity contribution is -0.136. The van der Waals surface area contributed by atoms with E-state index in [0.29, 0.717) is 18.8 Å². The number of carbonyl (C=O) groups excluding carboxylic acids is 2. The topological polar surface area (TPSA) is 49.9 Å². The highest BCUT2D eigenvalue weighted by atomic mass is 16.5. The molecule has 2 rings (SSSR count). The minimum atomic E-state index is 0.0741. The Balaban J connectivity index is 1.68. The second-order valence-corrected chi connectivity index (χ2v) is 6.30. The number of amides is 2. The van der Waals surface area contributed by atoms with Crippen LogP contribution in [-0.4, -0.2) is 61.5 Å². The first kappa shape index (κ1) is 16.3. The SMILES string of the molecule is CN(CC1CCOC1)C(=O)CCC(=O)N1CCCCCC1. The van der Waals surface area contributed by atoms with Crippen molar-refractivity contribution in [1.82, 2.24) is 9.80 Å². The Hall–Kier alpha value is -1.10. The van der Waals surface area contributed by atoms with E-state index in [0.717, 1.165) is 52.1 Å². The van der Waals surface area contributed by atoms with Crippen molar-refractivity contribution >= 4 is 11.8 Å². The van der Waals surface area contributed by atoms with E-state index in [4.69, 9.17) is 4.74 Å². The van der Waals surface area contributed by atoms with Crippen molar-refractivity contribution in [3.63, 3.8) is 0 Å². The van der Waals surface area contributed by atoms with Crippen molar-refractivity contribution < 1.29 is 14.3 Å². The summed E-state index contributed by atoms with van der Waals surface area (Å²) in [6.07, 6.45) is 6.35. The molecule has 2 aliphatic rings. The van der Waals surface area contributed by atoms with Gasteiger partial charge in [0.05, 0.1) is 6.61 Å². The van der Waals surface area contributed by atoms with Gasteiger partial charge in [-0.25, -0.2) is 0 Å². The molecule has 0 N–H and O–H groups in total. The van der Waals surface area contributed by atoms with Crippen molar-refractivity contribution in [2.24, 2.45) is 5.92 Å². The third-order valence-electron chi connectivity index (χ3n) is 4.49. The monoisotopic (exact) mass is 296 g/mol. The molecule has 0 aromatic carbocycles. The molecule has 2 heterocycles. The zero-order valence-corrected chi connectivity index (χ0v) is 13.2. The van der Waals surface area contributed by atoms with Crippen molar-refractivity contribution in [2.75, 3.05) is 39.9 Å². The molecule has 1 atom stereocenters. The first-order chi connectivity index (χ1) is 10.2. The van der Waals surface area contributed by atoms with E-state index >= 15 is 0 Å². The van der Waals surface area contributed by atoms with Crippen LogP contribution >= 0.6 is 0 Å². The molecule has 2 saturated heterocycles. The molecule has 120 valence electrons. The minimum absolute atomic E-state index is 0.0741. The highest BCUT2D eigenvalue weighted by molar-refractivity contribution is 5.83. The zero-order chi connectivity index (χ0) is 15.1. The summed E-state index contributed by atoms with van der Waals surface area (Å²) in [6, 6.07) is 0. The number of ether oxygens (including phenoxy) is 1. The fourth-order valence-corrected chi connectivity index (χ4v) is 3.10. The third kappa shape index (κ3) is 5.30. The first-order valence-corrected chi connectivity index (χ1v) is 8.26. The van der Waals surface area contributed by atoms with Crippen LogP contribution in [-0.2, 0) is 14.3 Å². The lowest BCUT2D eigenvalue weighted by atomic mass is 10.1. The largest absolute Gasteiger partial charge is 0.381 e. The summed E-state index contributed by atoms with van der Waals surface area (Å²) in [5, 5.41) is 0. The number of hydrogen-bond acceptors (Lipinski definition) is 3. The van der Waals surface area contributed by atoms with Gasteiger partial charge in [-0.05, 0) is 19.3 Å². The van der Waals surface area contributed by atoms with Gasteiger partial charge in [0.15, 0.2) is 0 Å². The summed E-state index contributed by atoms with van der Waals surface area (Å²) in [5.41, 5.74) is 0. The Kier molecular flexibility index (Phi) is 6.49. The van der Waals surface area contributed by atoms with Gasteiger partial charge in [-0.3, -0.25) is 9.59 Å². The highest BCUT2D eigenvalue weighted by Crippen LogP contribution is 2.15. The van der Waals surface area contributed by atoms with E-state index in [-0.39, 0.29) is 11.8 Å². The van der Waals surface area contributed by atoms with Gasteiger partial charge in [0.1, 0.15) is 0 Å². The maximum atomic E-state index is 12.2. The second-order valence-electron chi connectivity index (χ2n) is 6.30. The normalized spacial score (nSPS) is 22.9. The van der Waals surface area contributed by atoms with E-state index in [9.17, 15) is 9.59 Å². The van der Waals surface area contributed by atoms with Crippen LogP contribution < -0.4 is 0 Å². The van der Waals surface area contributed by atoms with Crippen LogP contribution in [0.3, 0.4) is 0 Å². The predicted molar refractivity (Wildman–Crippen MR) is 80.8 cm³/mol. The summed E-state index contributed by atoms with van der Waals surface area (Å²) < 4.78 is 5.33. The molecule has 2 aliphatic heterocycles. The van der Waals surface area contributed by atoms with Crippen LogP contribution in [0.25, 0.3) is 0 Å². The number of nitrogens with zero attached hydrogens (tertiary/aromatic N) is 2. The lowest BCUT2D eigenvalue weighted by Gasteiger charge is -2.22. The molecule has 0 bridgehead atoms. The van der Waals surface area contributed by atoms with Crippen molar-refractivity contribution in [2.45, 2.75) is 44.9 Å². The average molecular weight is 296 g/mol. The predicted octanol–water partition coefficient (Wildman–Crippen LogP) is 1.66. The molecule has 0 spiro atoms. The fraction of sp³-hybridized carbons (Fsp3) is 0.875. The summed E-state index contributed by atoms with van der Waals surface area (Å²) >= 11 is 0. The molecule has 5 heteroatoms. The van der Waals surface area contributed by atoms with Crippen LogP contribution in [0.15, 0.2) is 0 Å². The van der Waals surface area contributed by atoms with Gasteiger partial charge >= 0.3 is 0 Å². The summed E-state index contributed by atoms with van der Waals surface area (Å²) in [4.78, 5) is 28.0. The molecule has 2 fully saturated rings. The van der Waals surface area contributed by atoms with Crippen molar-refractivity contribution in [3.8, 4) is 0 Å². The standard InChI is InChI=1S/C16H28N2O3/c1-17(12-14-8-11-21-13-14)15(19)6-7-16(20)18-9-4-2-3-5-10-18/h14H,2-13H2,1H3. The molecular weight excluding hydrogens is 268 g/mol. The van der Waals surface area contributed by atoms with Crippen molar-refractivity contribution in [3.05, 3.63) is 0 Å².